The molecule has 1 aromatic heterocycles. The van der Waals surface area contributed by atoms with Crippen LogP contribution in [-0.2, 0) is 16.4 Å². The number of sulfonamides is 1. The number of aliphatic imine (C=N–C) groups is 1. The van der Waals surface area contributed by atoms with E-state index in [-0.39, 0.29) is 41.5 Å². The van der Waals surface area contributed by atoms with Crippen molar-refractivity contribution >= 4 is 77.7 Å². The maximum Gasteiger partial charge on any atom is 0.265 e. The second-order valence-corrected chi connectivity index (χ2v) is 13.3. The van der Waals surface area contributed by atoms with Crippen LogP contribution in [0.5, 0.6) is 5.75 Å². The first-order chi connectivity index (χ1) is 16.4. The van der Waals surface area contributed by atoms with Crippen molar-refractivity contribution in [2.24, 2.45) is 4.99 Å². The van der Waals surface area contributed by atoms with Gasteiger partial charge in [0, 0.05) is 16.8 Å². The molecule has 1 aliphatic heterocycles. The average Bonchev–Trinajstić information content (AvgIpc) is 3.04. The highest BCUT2D eigenvalue weighted by molar-refractivity contribution is 9.10. The third-order valence-electron chi connectivity index (χ3n) is 5.45. The van der Waals surface area contributed by atoms with Gasteiger partial charge in [0.1, 0.15) is 19.3 Å². The first kappa shape index (κ1) is 26.2. The Hall–Kier alpha value is -1.91. The van der Waals surface area contributed by atoms with Crippen LogP contribution in [0.2, 0.25) is 8.67 Å². The van der Waals surface area contributed by atoms with E-state index in [1.165, 1.54) is 6.07 Å². The molecule has 0 atom stereocenters. The van der Waals surface area contributed by atoms with E-state index < -0.39 is 10.0 Å². The third-order valence-corrected chi connectivity index (χ3v) is 10.3. The lowest BCUT2D eigenvalue weighted by molar-refractivity contribution is 0.100. The fraction of sp³-hybridized carbons (Fsp3) is 0.250. The molecule has 3 aromatic rings. The number of fused-ring (bicyclic) bond motifs is 1. The Kier molecular flexibility index (Phi) is 7.37. The van der Waals surface area contributed by atoms with Gasteiger partial charge in [0.2, 0.25) is 0 Å². The summed E-state index contributed by atoms with van der Waals surface area (Å²) >= 11 is 16.2. The monoisotopic (exact) mass is 614 g/mol. The average molecular weight is 616 g/mol. The molecular weight excluding hydrogens is 595 g/mol. The number of ketones is 1. The summed E-state index contributed by atoms with van der Waals surface area (Å²) in [7, 11) is -2.44. The lowest BCUT2D eigenvalue weighted by atomic mass is 9.85. The van der Waals surface area contributed by atoms with Crippen LogP contribution in [0.15, 0.2) is 56.8 Å². The number of anilines is 1. The molecule has 11 heteroatoms. The number of nitrogens with zero attached hydrogens (tertiary/aromatic N) is 1. The van der Waals surface area contributed by atoms with Crippen LogP contribution >= 0.6 is 50.5 Å². The first-order valence-corrected chi connectivity index (χ1v) is 14.3. The summed E-state index contributed by atoms with van der Waals surface area (Å²) in [5.74, 6) is 0.507. The molecule has 4 rings (SSSR count). The van der Waals surface area contributed by atoms with Crippen molar-refractivity contribution in [3.63, 3.8) is 0 Å². The Morgan fingerprint density at radius 1 is 1.20 bits per heavy atom. The largest absolute Gasteiger partial charge is 0.497 e. The van der Waals surface area contributed by atoms with Gasteiger partial charge in [0.25, 0.3) is 10.0 Å². The summed E-state index contributed by atoms with van der Waals surface area (Å²) < 4.78 is 34.2. The molecule has 0 saturated heterocycles. The summed E-state index contributed by atoms with van der Waals surface area (Å²) in [6.07, 6.45) is 0.823. The highest BCUT2D eigenvalue weighted by Gasteiger charge is 2.29. The van der Waals surface area contributed by atoms with Crippen molar-refractivity contribution in [1.82, 2.24) is 0 Å². The Morgan fingerprint density at radius 2 is 1.94 bits per heavy atom. The second kappa shape index (κ2) is 9.86. The van der Waals surface area contributed by atoms with E-state index in [4.69, 9.17) is 32.9 Å². The van der Waals surface area contributed by atoms with Gasteiger partial charge < -0.3 is 4.74 Å². The number of methoxy groups -OCH3 is 1. The van der Waals surface area contributed by atoms with Gasteiger partial charge in [-0.2, -0.15) is 0 Å². The molecule has 0 spiro atoms. The minimum absolute atomic E-state index is 0.0358. The molecule has 2 heterocycles. The fourth-order valence-corrected chi connectivity index (χ4v) is 8.56. The van der Waals surface area contributed by atoms with Crippen LogP contribution in [0.25, 0.3) is 0 Å². The Bertz CT molecular complexity index is 1470. The first-order valence-electron chi connectivity index (χ1n) is 10.5. The SMILES string of the molecule is COc1ccc2c(c1)C(CC(=O)c1cccc(NS(=O)(=O)c3c(Cl)sc(Cl)c3Br)c1)=NC(C)(C)C2. The smallest absolute Gasteiger partial charge is 0.265 e. The maximum atomic E-state index is 13.3. The molecular formula is C24H21BrCl2N2O4S2. The zero-order valence-electron chi connectivity index (χ0n) is 19.0. The number of nitrogens with one attached hydrogen (secondary N) is 1. The van der Waals surface area contributed by atoms with Gasteiger partial charge in [-0.05, 0) is 66.0 Å². The normalized spacial score (nSPS) is 14.7. The van der Waals surface area contributed by atoms with E-state index in [0.717, 1.165) is 28.9 Å². The van der Waals surface area contributed by atoms with Crippen LogP contribution in [-0.4, -0.2) is 32.6 Å². The maximum absolute atomic E-state index is 13.3. The van der Waals surface area contributed by atoms with Gasteiger partial charge in [0.15, 0.2) is 5.78 Å². The fourth-order valence-electron chi connectivity index (χ4n) is 3.96. The number of rotatable bonds is 7. The summed E-state index contributed by atoms with van der Waals surface area (Å²) in [4.78, 5) is 17.9. The molecule has 0 aliphatic carbocycles. The van der Waals surface area contributed by atoms with E-state index >= 15 is 0 Å². The van der Waals surface area contributed by atoms with Crippen molar-refractivity contribution in [2.45, 2.75) is 37.1 Å². The highest BCUT2D eigenvalue weighted by Crippen LogP contribution is 2.43. The number of halogens is 3. The van der Waals surface area contributed by atoms with Gasteiger partial charge in [0.05, 0.1) is 29.3 Å². The van der Waals surface area contributed by atoms with E-state index in [2.05, 4.69) is 20.7 Å². The van der Waals surface area contributed by atoms with E-state index in [0.29, 0.717) is 17.0 Å². The topological polar surface area (TPSA) is 84.8 Å². The third kappa shape index (κ3) is 5.59. The Balaban J connectivity index is 1.61. The van der Waals surface area contributed by atoms with Crippen LogP contribution in [0.4, 0.5) is 5.69 Å². The molecule has 0 radical (unpaired) electrons. The minimum atomic E-state index is -4.04. The van der Waals surface area contributed by atoms with Crippen molar-refractivity contribution in [1.29, 1.82) is 0 Å². The van der Waals surface area contributed by atoms with Crippen LogP contribution in [0.3, 0.4) is 0 Å². The minimum Gasteiger partial charge on any atom is -0.497 e. The van der Waals surface area contributed by atoms with Crippen molar-refractivity contribution in [2.75, 3.05) is 11.8 Å². The zero-order chi connectivity index (χ0) is 25.5. The summed E-state index contributed by atoms with van der Waals surface area (Å²) in [6, 6.07) is 12.1. The van der Waals surface area contributed by atoms with Crippen molar-refractivity contribution < 1.29 is 17.9 Å². The second-order valence-electron chi connectivity index (χ2n) is 8.65. The highest BCUT2D eigenvalue weighted by atomic mass is 79.9. The van der Waals surface area contributed by atoms with Crippen LogP contribution in [0, 0.1) is 0 Å². The molecule has 0 fully saturated rings. The molecule has 35 heavy (non-hydrogen) atoms. The number of hydrogen-bond donors (Lipinski definition) is 1. The number of thiophene rings is 1. The zero-order valence-corrected chi connectivity index (χ0v) is 23.7. The molecule has 0 saturated carbocycles. The van der Waals surface area contributed by atoms with Gasteiger partial charge in [-0.25, -0.2) is 8.42 Å². The van der Waals surface area contributed by atoms with Crippen molar-refractivity contribution in [3.8, 4) is 5.75 Å². The van der Waals surface area contributed by atoms with E-state index in [9.17, 15) is 13.2 Å². The van der Waals surface area contributed by atoms with Gasteiger partial charge >= 0.3 is 0 Å². The predicted molar refractivity (Wildman–Crippen MR) is 146 cm³/mol. The Labute approximate surface area is 226 Å². The van der Waals surface area contributed by atoms with Crippen LogP contribution in [0.1, 0.15) is 41.8 Å². The lowest BCUT2D eigenvalue weighted by Crippen LogP contribution is -2.30. The summed E-state index contributed by atoms with van der Waals surface area (Å²) in [5.41, 5.74) is 2.91. The molecule has 0 bridgehead atoms. The molecule has 0 unspecified atom stereocenters. The number of ether oxygens (including phenoxy) is 1. The molecule has 1 N–H and O–H groups in total. The standard InChI is InChI=1S/C24H21BrCl2N2O4S2/c1-24(2)12-14-7-8-16(33-3)10-17(14)18(28-24)11-19(30)13-5-4-6-15(9-13)29-35(31,32)21-20(25)22(26)34-23(21)27/h4-10,29H,11-12H2,1-3H3. The number of benzene rings is 2. The van der Waals surface area contributed by atoms with Crippen LogP contribution < -0.4 is 9.46 Å². The summed E-state index contributed by atoms with van der Waals surface area (Å²) in [6.45, 7) is 4.06. The molecule has 1 aliphatic rings. The van der Waals surface area contributed by atoms with E-state index in [1.807, 2.05) is 32.0 Å². The van der Waals surface area contributed by atoms with E-state index in [1.54, 1.807) is 25.3 Å². The number of Topliss-reactive ketones (excluding diaryl/α,β-unsaturated/α-hetero) is 1. The quantitative estimate of drug-likeness (QED) is 0.289. The number of carbonyl (C=O) groups is 1. The molecule has 0 amide bonds. The predicted octanol–water partition coefficient (Wildman–Crippen LogP) is 7.02. The number of hydrogen-bond acceptors (Lipinski definition) is 6. The Morgan fingerprint density at radius 3 is 2.60 bits per heavy atom. The lowest BCUT2D eigenvalue weighted by Gasteiger charge is -2.29. The van der Waals surface area contributed by atoms with Gasteiger partial charge in [-0.15, -0.1) is 11.3 Å². The molecule has 6 nitrogen and oxygen atoms in total. The molecule has 184 valence electrons. The van der Waals surface area contributed by atoms with Gasteiger partial charge in [-0.3, -0.25) is 14.5 Å². The summed E-state index contributed by atoms with van der Waals surface area (Å²) in [5, 5.41) is 0. The van der Waals surface area contributed by atoms with Gasteiger partial charge in [-0.1, -0.05) is 41.4 Å². The number of carbonyl (C=O) groups excluding carboxylic acids is 1. The van der Waals surface area contributed by atoms with Crippen molar-refractivity contribution in [3.05, 3.63) is 72.3 Å². The molecule has 2 aromatic carbocycles.